The number of fused-ring (bicyclic) bond motifs is 1. The van der Waals surface area contributed by atoms with Crippen molar-refractivity contribution in [3.63, 3.8) is 0 Å². The van der Waals surface area contributed by atoms with Gasteiger partial charge in [0.15, 0.2) is 0 Å². The lowest BCUT2D eigenvalue weighted by Gasteiger charge is -2.16. The molecule has 2 heteroatoms. The zero-order chi connectivity index (χ0) is 12.5. The molecular weight excluding hydrogens is 240 g/mol. The number of aliphatic hydroxyl groups is 1. The molecule has 0 spiro atoms. The third kappa shape index (κ3) is 2.11. The van der Waals surface area contributed by atoms with Gasteiger partial charge in [-0.2, -0.15) is 0 Å². The van der Waals surface area contributed by atoms with Gasteiger partial charge in [-0.05, 0) is 48.4 Å². The molecule has 1 nitrogen and oxygen atoms in total. The minimum Gasteiger partial charge on any atom is -0.387 e. The van der Waals surface area contributed by atoms with Gasteiger partial charge in [-0.3, -0.25) is 0 Å². The first-order valence-electron chi connectivity index (χ1n) is 6.61. The highest BCUT2D eigenvalue weighted by molar-refractivity contribution is 7.12. The Morgan fingerprint density at radius 1 is 1.17 bits per heavy atom. The summed E-state index contributed by atoms with van der Waals surface area (Å²) in [5, 5.41) is 10.5. The number of aliphatic hydroxyl groups excluding tert-OH is 1. The maximum atomic E-state index is 10.5. The number of aryl methyl sites for hydroxylation is 1. The molecule has 94 valence electrons. The van der Waals surface area contributed by atoms with Crippen LogP contribution in [0.5, 0.6) is 0 Å². The van der Waals surface area contributed by atoms with E-state index in [2.05, 4.69) is 43.3 Å². The average Bonchev–Trinajstić information content (AvgIpc) is 3.04. The van der Waals surface area contributed by atoms with E-state index >= 15 is 0 Å². The van der Waals surface area contributed by atoms with E-state index in [1.807, 2.05) is 0 Å². The van der Waals surface area contributed by atoms with Crippen LogP contribution in [0.15, 0.2) is 36.4 Å². The smallest absolute Gasteiger partial charge is 0.0916 e. The van der Waals surface area contributed by atoms with Crippen LogP contribution < -0.4 is 0 Å². The van der Waals surface area contributed by atoms with Crippen molar-refractivity contribution < 1.29 is 5.11 Å². The largest absolute Gasteiger partial charge is 0.387 e. The summed E-state index contributed by atoms with van der Waals surface area (Å²) in [4.78, 5) is 2.49. The molecular formula is C16H18OS. The van der Waals surface area contributed by atoms with E-state index in [1.165, 1.54) is 16.0 Å². The second-order valence-corrected chi connectivity index (χ2v) is 6.24. The molecule has 1 aliphatic rings. The first kappa shape index (κ1) is 11.9. The van der Waals surface area contributed by atoms with Gasteiger partial charge < -0.3 is 5.11 Å². The van der Waals surface area contributed by atoms with E-state index in [4.69, 9.17) is 0 Å². The normalized spacial score (nSPS) is 16.8. The second kappa shape index (κ2) is 4.87. The van der Waals surface area contributed by atoms with Gasteiger partial charge in [0.25, 0.3) is 0 Å². The zero-order valence-corrected chi connectivity index (χ0v) is 11.4. The summed E-state index contributed by atoms with van der Waals surface area (Å²) in [5.41, 5.74) is 2.82. The van der Waals surface area contributed by atoms with Crippen LogP contribution in [0.1, 0.15) is 33.9 Å². The van der Waals surface area contributed by atoms with Crippen LogP contribution in [0.4, 0.5) is 0 Å². The lowest BCUT2D eigenvalue weighted by Crippen LogP contribution is -2.11. The molecule has 1 aromatic heterocycles. The SMILES string of the molecule is CCc1ccc(C(O)C2Cc3ccccc3C2)s1. The van der Waals surface area contributed by atoms with Gasteiger partial charge in [0.05, 0.1) is 6.10 Å². The van der Waals surface area contributed by atoms with E-state index in [9.17, 15) is 5.11 Å². The standard InChI is InChI=1S/C16H18OS/c1-2-14-7-8-15(18-14)16(17)13-9-11-5-3-4-6-12(11)10-13/h3-8,13,16-17H,2,9-10H2,1H3. The quantitative estimate of drug-likeness (QED) is 0.888. The average molecular weight is 258 g/mol. The molecule has 3 rings (SSSR count). The van der Waals surface area contributed by atoms with Crippen molar-refractivity contribution in [2.24, 2.45) is 5.92 Å². The van der Waals surface area contributed by atoms with Gasteiger partial charge >= 0.3 is 0 Å². The molecule has 2 aromatic rings. The fourth-order valence-electron chi connectivity index (χ4n) is 2.79. The third-order valence-corrected chi connectivity index (χ3v) is 5.15. The van der Waals surface area contributed by atoms with Crippen molar-refractivity contribution in [3.05, 3.63) is 57.3 Å². The Bertz CT molecular complexity index is 519. The monoisotopic (exact) mass is 258 g/mol. The van der Waals surface area contributed by atoms with E-state index < -0.39 is 0 Å². The highest BCUT2D eigenvalue weighted by Crippen LogP contribution is 2.37. The first-order valence-corrected chi connectivity index (χ1v) is 7.43. The summed E-state index contributed by atoms with van der Waals surface area (Å²) in [7, 11) is 0. The summed E-state index contributed by atoms with van der Waals surface area (Å²) < 4.78 is 0. The Morgan fingerprint density at radius 2 is 1.83 bits per heavy atom. The van der Waals surface area contributed by atoms with Crippen molar-refractivity contribution in [2.75, 3.05) is 0 Å². The predicted molar refractivity (Wildman–Crippen MR) is 76.0 cm³/mol. The Kier molecular flexibility index (Phi) is 3.23. The summed E-state index contributed by atoms with van der Waals surface area (Å²) >= 11 is 1.76. The highest BCUT2D eigenvalue weighted by atomic mass is 32.1. The Labute approximate surface area is 112 Å². The number of rotatable bonds is 3. The zero-order valence-electron chi connectivity index (χ0n) is 10.6. The number of benzene rings is 1. The topological polar surface area (TPSA) is 20.2 Å². The molecule has 18 heavy (non-hydrogen) atoms. The molecule has 0 saturated heterocycles. The third-order valence-electron chi connectivity index (χ3n) is 3.85. The van der Waals surface area contributed by atoms with Gasteiger partial charge in [-0.15, -0.1) is 11.3 Å². The molecule has 0 bridgehead atoms. The first-order chi connectivity index (χ1) is 8.78. The maximum Gasteiger partial charge on any atom is 0.0916 e. The Morgan fingerprint density at radius 3 is 2.39 bits per heavy atom. The molecule has 0 saturated carbocycles. The highest BCUT2D eigenvalue weighted by Gasteiger charge is 2.28. The fourth-order valence-corrected chi connectivity index (χ4v) is 3.82. The number of hydrogen-bond donors (Lipinski definition) is 1. The van der Waals surface area contributed by atoms with E-state index in [1.54, 1.807) is 11.3 Å². The van der Waals surface area contributed by atoms with Crippen molar-refractivity contribution in [2.45, 2.75) is 32.3 Å². The van der Waals surface area contributed by atoms with Crippen molar-refractivity contribution in [3.8, 4) is 0 Å². The maximum absolute atomic E-state index is 10.5. The Balaban J connectivity index is 1.77. The molecule has 1 atom stereocenters. The summed E-state index contributed by atoms with van der Waals surface area (Å²) in [6.07, 6.45) is 2.78. The molecule has 1 unspecified atom stereocenters. The van der Waals surface area contributed by atoms with Gasteiger partial charge in [0.2, 0.25) is 0 Å². The van der Waals surface area contributed by atoms with Crippen LogP contribution in [-0.4, -0.2) is 5.11 Å². The predicted octanol–water partition coefficient (Wildman–Crippen LogP) is 3.76. The number of hydrogen-bond acceptors (Lipinski definition) is 2. The van der Waals surface area contributed by atoms with E-state index in [0.29, 0.717) is 5.92 Å². The minimum absolute atomic E-state index is 0.303. The van der Waals surface area contributed by atoms with Gasteiger partial charge in [-0.25, -0.2) is 0 Å². The molecule has 1 N–H and O–H groups in total. The van der Waals surface area contributed by atoms with Gasteiger partial charge in [-0.1, -0.05) is 31.2 Å². The Hall–Kier alpha value is -1.12. The van der Waals surface area contributed by atoms with Crippen molar-refractivity contribution in [1.29, 1.82) is 0 Å². The number of thiophene rings is 1. The minimum atomic E-state index is -0.303. The lowest BCUT2D eigenvalue weighted by molar-refractivity contribution is 0.117. The van der Waals surface area contributed by atoms with Crippen LogP contribution >= 0.6 is 11.3 Å². The lowest BCUT2D eigenvalue weighted by atomic mass is 9.98. The molecule has 0 fully saturated rings. The van der Waals surface area contributed by atoms with E-state index in [-0.39, 0.29) is 6.10 Å². The van der Waals surface area contributed by atoms with Gasteiger partial charge in [0.1, 0.15) is 0 Å². The molecule has 1 heterocycles. The summed E-state index contributed by atoms with van der Waals surface area (Å²) in [6, 6.07) is 12.8. The van der Waals surface area contributed by atoms with Crippen LogP contribution in [-0.2, 0) is 19.3 Å². The molecule has 1 aromatic carbocycles. The van der Waals surface area contributed by atoms with Crippen molar-refractivity contribution in [1.82, 2.24) is 0 Å². The summed E-state index contributed by atoms with van der Waals surface area (Å²) in [5.74, 6) is 0.353. The van der Waals surface area contributed by atoms with Crippen LogP contribution in [0.2, 0.25) is 0 Å². The second-order valence-electron chi connectivity index (χ2n) is 5.04. The summed E-state index contributed by atoms with van der Waals surface area (Å²) in [6.45, 7) is 2.16. The van der Waals surface area contributed by atoms with Crippen molar-refractivity contribution >= 4 is 11.3 Å². The molecule has 0 amide bonds. The fraction of sp³-hybridized carbons (Fsp3) is 0.375. The van der Waals surface area contributed by atoms with E-state index in [0.717, 1.165) is 24.1 Å². The molecule has 0 aliphatic heterocycles. The molecule has 0 radical (unpaired) electrons. The molecule has 1 aliphatic carbocycles. The van der Waals surface area contributed by atoms with Crippen LogP contribution in [0.3, 0.4) is 0 Å². The van der Waals surface area contributed by atoms with Gasteiger partial charge in [0, 0.05) is 9.75 Å². The van der Waals surface area contributed by atoms with Crippen LogP contribution in [0, 0.1) is 5.92 Å². The van der Waals surface area contributed by atoms with Crippen LogP contribution in [0.25, 0.3) is 0 Å².